The molecule has 0 aromatic heterocycles. The zero-order chi connectivity index (χ0) is 21.5. The van der Waals surface area contributed by atoms with Crippen LogP contribution in [0.25, 0.3) is 0 Å². The number of nitrogens with zero attached hydrogens (tertiary/aromatic N) is 2. The Labute approximate surface area is 178 Å². The lowest BCUT2D eigenvalue weighted by molar-refractivity contribution is -0.131. The number of benzene rings is 2. The van der Waals surface area contributed by atoms with Crippen molar-refractivity contribution in [2.45, 2.75) is 57.8 Å². The van der Waals surface area contributed by atoms with Crippen molar-refractivity contribution < 1.29 is 14.4 Å². The van der Waals surface area contributed by atoms with E-state index >= 15 is 0 Å². The third-order valence-electron chi connectivity index (χ3n) is 5.65. The molecule has 3 amide bonds. The molecule has 1 aliphatic rings. The molecule has 0 saturated carbocycles. The Balaban J connectivity index is 1.67. The molecule has 0 spiro atoms. The molecule has 160 valence electrons. The van der Waals surface area contributed by atoms with Gasteiger partial charge in [0.1, 0.15) is 0 Å². The molecule has 2 aromatic carbocycles. The number of urea groups is 1. The molecule has 3 atom stereocenters. The summed E-state index contributed by atoms with van der Waals surface area (Å²) in [5, 5.41) is 0. The van der Waals surface area contributed by atoms with Crippen molar-refractivity contribution in [2.75, 3.05) is 7.05 Å². The van der Waals surface area contributed by atoms with Gasteiger partial charge in [-0.05, 0) is 24.5 Å². The van der Waals surface area contributed by atoms with Crippen LogP contribution in [-0.4, -0.2) is 40.9 Å². The summed E-state index contributed by atoms with van der Waals surface area (Å²) in [4.78, 5) is 34.8. The van der Waals surface area contributed by atoms with Crippen LogP contribution >= 0.6 is 0 Å². The zero-order valence-electron chi connectivity index (χ0n) is 18.0. The molecule has 2 aromatic rings. The highest BCUT2D eigenvalue weighted by Gasteiger charge is 2.45. The minimum atomic E-state index is -0.288. The normalized spacial score (nSPS) is 19.9. The lowest BCUT2D eigenvalue weighted by Gasteiger charge is -2.26. The minimum absolute atomic E-state index is 0.0873. The number of nitrogens with one attached hydrogen (secondary N) is 1. The van der Waals surface area contributed by atoms with Crippen LogP contribution in [0.5, 0.6) is 0 Å². The number of imide groups is 1. The van der Waals surface area contributed by atoms with E-state index in [0.717, 1.165) is 24.0 Å². The van der Waals surface area contributed by atoms with Crippen molar-refractivity contribution in [3.63, 3.8) is 0 Å². The molecule has 3 rings (SSSR count). The fraction of sp³-hybridized carbons (Fsp3) is 0.417. The minimum Gasteiger partial charge on any atom is -0.322 e. The molecule has 1 N–H and O–H groups in total. The number of rotatable bonds is 9. The van der Waals surface area contributed by atoms with Crippen LogP contribution in [0, 0.1) is 0 Å². The van der Waals surface area contributed by atoms with Gasteiger partial charge in [0.2, 0.25) is 5.91 Å². The molecule has 0 aliphatic carbocycles. The number of likely N-dealkylation sites (N-methyl/N-ethyl adjacent to an activating group) is 1. The topological polar surface area (TPSA) is 61.9 Å². The Bertz CT molecular complexity index is 828. The van der Waals surface area contributed by atoms with E-state index in [4.69, 9.17) is 4.84 Å². The van der Waals surface area contributed by atoms with E-state index < -0.39 is 0 Å². The third-order valence-corrected chi connectivity index (χ3v) is 5.65. The van der Waals surface area contributed by atoms with Crippen LogP contribution in [0.2, 0.25) is 0 Å². The Morgan fingerprint density at radius 2 is 1.73 bits per heavy atom. The van der Waals surface area contributed by atoms with Crippen LogP contribution < -0.4 is 5.48 Å². The van der Waals surface area contributed by atoms with Gasteiger partial charge in [-0.1, -0.05) is 74.0 Å². The molecule has 1 heterocycles. The fourth-order valence-corrected chi connectivity index (χ4v) is 3.91. The predicted octanol–water partition coefficient (Wildman–Crippen LogP) is 4.29. The van der Waals surface area contributed by atoms with E-state index in [1.165, 1.54) is 4.90 Å². The van der Waals surface area contributed by atoms with E-state index in [1.54, 1.807) is 11.9 Å². The number of hydroxylamine groups is 1. The highest BCUT2D eigenvalue weighted by molar-refractivity contribution is 5.97. The van der Waals surface area contributed by atoms with Crippen molar-refractivity contribution in [1.82, 2.24) is 15.3 Å². The molecule has 1 fully saturated rings. The number of amides is 3. The van der Waals surface area contributed by atoms with Gasteiger partial charge in [0.25, 0.3) is 0 Å². The Morgan fingerprint density at radius 3 is 2.37 bits per heavy atom. The van der Waals surface area contributed by atoms with Gasteiger partial charge in [0.05, 0.1) is 18.7 Å². The predicted molar refractivity (Wildman–Crippen MR) is 116 cm³/mol. The van der Waals surface area contributed by atoms with E-state index in [-0.39, 0.29) is 36.5 Å². The van der Waals surface area contributed by atoms with E-state index in [0.29, 0.717) is 6.61 Å². The van der Waals surface area contributed by atoms with Crippen molar-refractivity contribution in [1.29, 1.82) is 0 Å². The van der Waals surface area contributed by atoms with Crippen LogP contribution in [0.15, 0.2) is 60.7 Å². The molecule has 1 aliphatic heterocycles. The maximum absolute atomic E-state index is 13.2. The van der Waals surface area contributed by atoms with Crippen LogP contribution in [0.1, 0.15) is 50.3 Å². The second kappa shape index (κ2) is 10.4. The zero-order valence-corrected chi connectivity index (χ0v) is 18.0. The van der Waals surface area contributed by atoms with Crippen LogP contribution in [-0.2, 0) is 16.2 Å². The smallest absolute Gasteiger partial charge is 0.322 e. The summed E-state index contributed by atoms with van der Waals surface area (Å²) in [6, 6.07) is 18.8. The first-order chi connectivity index (χ1) is 14.5. The highest BCUT2D eigenvalue weighted by atomic mass is 16.6. The van der Waals surface area contributed by atoms with E-state index in [2.05, 4.69) is 12.4 Å². The third kappa shape index (κ3) is 5.07. The molecule has 30 heavy (non-hydrogen) atoms. The summed E-state index contributed by atoms with van der Waals surface area (Å²) < 4.78 is 0. The van der Waals surface area contributed by atoms with Gasteiger partial charge >= 0.3 is 6.03 Å². The van der Waals surface area contributed by atoms with Gasteiger partial charge in [0, 0.05) is 19.5 Å². The molecule has 6 nitrogen and oxygen atoms in total. The molecule has 0 unspecified atom stereocenters. The standard InChI is InChI=1S/C24H31N3O3/c1-4-11-21(25-30-17-19-12-7-5-8-13-19)16-22(28)27-23(18(2)26(3)24(27)29)20-14-9-6-10-15-20/h5-10,12-15,18,21,23,25H,4,11,16-17H2,1-3H3/t18-,21-,23-/m0/s1. The average Bonchev–Trinajstić information content (AvgIpc) is 2.99. The summed E-state index contributed by atoms with van der Waals surface area (Å²) in [6.07, 6.45) is 1.90. The number of carbonyl (C=O) groups excluding carboxylic acids is 2. The van der Waals surface area contributed by atoms with Gasteiger partial charge in [-0.2, -0.15) is 5.48 Å². The second-order valence-corrected chi connectivity index (χ2v) is 7.84. The summed E-state index contributed by atoms with van der Waals surface area (Å²) in [5.41, 5.74) is 5.07. The lowest BCUT2D eigenvalue weighted by atomic mass is 9.99. The fourth-order valence-electron chi connectivity index (χ4n) is 3.91. The summed E-state index contributed by atoms with van der Waals surface area (Å²) in [5.74, 6) is -0.181. The van der Waals surface area contributed by atoms with E-state index in [9.17, 15) is 9.59 Å². The van der Waals surface area contributed by atoms with Crippen molar-refractivity contribution in [3.8, 4) is 0 Å². The molecule has 0 radical (unpaired) electrons. The maximum Gasteiger partial charge on any atom is 0.327 e. The molecular formula is C24H31N3O3. The lowest BCUT2D eigenvalue weighted by Crippen LogP contribution is -2.41. The summed E-state index contributed by atoms with van der Waals surface area (Å²) in [7, 11) is 1.75. The molecule has 0 bridgehead atoms. The molecule has 1 saturated heterocycles. The van der Waals surface area contributed by atoms with Gasteiger partial charge < -0.3 is 4.90 Å². The van der Waals surface area contributed by atoms with Gasteiger partial charge in [-0.15, -0.1) is 0 Å². The van der Waals surface area contributed by atoms with Crippen molar-refractivity contribution in [3.05, 3.63) is 71.8 Å². The number of carbonyl (C=O) groups is 2. The summed E-state index contributed by atoms with van der Waals surface area (Å²) >= 11 is 0. The Hall–Kier alpha value is -2.70. The highest BCUT2D eigenvalue weighted by Crippen LogP contribution is 2.35. The van der Waals surface area contributed by atoms with Crippen LogP contribution in [0.3, 0.4) is 0 Å². The first-order valence-corrected chi connectivity index (χ1v) is 10.6. The monoisotopic (exact) mass is 409 g/mol. The van der Waals surface area contributed by atoms with Gasteiger partial charge in [-0.3, -0.25) is 14.5 Å². The second-order valence-electron chi connectivity index (χ2n) is 7.84. The average molecular weight is 410 g/mol. The van der Waals surface area contributed by atoms with Gasteiger partial charge in [-0.25, -0.2) is 4.79 Å². The number of hydrogen-bond donors (Lipinski definition) is 1. The quantitative estimate of drug-likeness (QED) is 0.628. The molecule has 6 heteroatoms. The van der Waals surface area contributed by atoms with Crippen molar-refractivity contribution in [2.24, 2.45) is 0 Å². The first-order valence-electron chi connectivity index (χ1n) is 10.6. The Morgan fingerprint density at radius 1 is 1.10 bits per heavy atom. The van der Waals surface area contributed by atoms with E-state index in [1.807, 2.05) is 67.6 Å². The summed E-state index contributed by atoms with van der Waals surface area (Å²) in [6.45, 7) is 4.47. The number of hydrogen-bond acceptors (Lipinski definition) is 4. The SMILES string of the molecule is CCC[C@@H](CC(=O)N1C(=O)N(C)[C@@H](C)[C@H]1c1ccccc1)NOCc1ccccc1. The largest absolute Gasteiger partial charge is 0.327 e. The first kappa shape index (κ1) is 22.0. The maximum atomic E-state index is 13.2. The molecular weight excluding hydrogens is 378 g/mol. The Kier molecular flexibility index (Phi) is 7.60. The van der Waals surface area contributed by atoms with Crippen molar-refractivity contribution >= 4 is 11.9 Å². The van der Waals surface area contributed by atoms with Crippen LogP contribution in [0.4, 0.5) is 4.79 Å². The van der Waals surface area contributed by atoms with Gasteiger partial charge in [0.15, 0.2) is 0 Å².